The molecule has 36 heavy (non-hydrogen) atoms. The molecule has 0 aromatic heterocycles. The molecule has 0 saturated heterocycles. The van der Waals surface area contributed by atoms with Crippen LogP contribution < -0.4 is 14.2 Å². The Morgan fingerprint density at radius 3 is 2.31 bits per heavy atom. The van der Waals surface area contributed by atoms with Crippen LogP contribution >= 0.6 is 0 Å². The summed E-state index contributed by atoms with van der Waals surface area (Å²) in [4.78, 5) is 27.2. The normalized spacial score (nSPS) is 17.8. The van der Waals surface area contributed by atoms with Crippen molar-refractivity contribution in [2.75, 3.05) is 34.5 Å². The first-order chi connectivity index (χ1) is 17.5. The van der Waals surface area contributed by atoms with Gasteiger partial charge in [-0.25, -0.2) is 4.79 Å². The van der Waals surface area contributed by atoms with Crippen molar-refractivity contribution < 1.29 is 28.5 Å². The first-order valence-electron chi connectivity index (χ1n) is 12.9. The Balaban J connectivity index is 1.54. The van der Waals surface area contributed by atoms with Gasteiger partial charge in [-0.2, -0.15) is 0 Å². The number of methoxy groups -OCH3 is 3. The molecular formula is C29H37NO6. The SMILES string of the molecule is COC(=O)c1ccc(OC[C@H]2c3cc(OC)c(OC)cc3CCN2C(=O)CCC2CCCCC2)cc1. The quantitative estimate of drug-likeness (QED) is 0.436. The predicted octanol–water partition coefficient (Wildman–Crippen LogP) is 5.36. The van der Waals surface area contributed by atoms with Crippen LogP contribution in [0.5, 0.6) is 17.2 Å². The molecule has 1 saturated carbocycles. The molecule has 1 aliphatic heterocycles. The Morgan fingerprint density at radius 1 is 0.944 bits per heavy atom. The van der Waals surface area contributed by atoms with Crippen molar-refractivity contribution in [1.82, 2.24) is 4.90 Å². The summed E-state index contributed by atoms with van der Waals surface area (Å²) < 4.78 is 22.0. The highest BCUT2D eigenvalue weighted by Gasteiger charge is 2.33. The van der Waals surface area contributed by atoms with Crippen molar-refractivity contribution in [3.05, 3.63) is 53.1 Å². The number of esters is 1. The lowest BCUT2D eigenvalue weighted by molar-refractivity contribution is -0.135. The zero-order valence-corrected chi connectivity index (χ0v) is 21.6. The van der Waals surface area contributed by atoms with Crippen molar-refractivity contribution >= 4 is 11.9 Å². The molecule has 1 aliphatic carbocycles. The van der Waals surface area contributed by atoms with Gasteiger partial charge in [-0.3, -0.25) is 4.79 Å². The highest BCUT2D eigenvalue weighted by atomic mass is 16.5. The van der Waals surface area contributed by atoms with Gasteiger partial charge in [0.25, 0.3) is 0 Å². The van der Waals surface area contributed by atoms with Crippen LogP contribution in [0, 0.1) is 5.92 Å². The maximum absolute atomic E-state index is 13.5. The van der Waals surface area contributed by atoms with Gasteiger partial charge in [0.1, 0.15) is 12.4 Å². The van der Waals surface area contributed by atoms with Crippen molar-refractivity contribution in [2.24, 2.45) is 5.92 Å². The minimum Gasteiger partial charge on any atom is -0.493 e. The van der Waals surface area contributed by atoms with Crippen LogP contribution in [-0.2, 0) is 16.0 Å². The lowest BCUT2D eigenvalue weighted by atomic mass is 9.85. The minimum absolute atomic E-state index is 0.177. The first-order valence-corrected chi connectivity index (χ1v) is 12.9. The lowest BCUT2D eigenvalue weighted by Gasteiger charge is -2.38. The second-order valence-corrected chi connectivity index (χ2v) is 9.63. The van der Waals surface area contributed by atoms with E-state index in [1.807, 2.05) is 17.0 Å². The summed E-state index contributed by atoms with van der Waals surface area (Å²) in [6, 6.07) is 10.6. The van der Waals surface area contributed by atoms with Gasteiger partial charge in [-0.1, -0.05) is 32.1 Å². The Morgan fingerprint density at radius 2 is 1.64 bits per heavy atom. The number of amides is 1. The van der Waals surface area contributed by atoms with Crippen LogP contribution in [-0.4, -0.2) is 51.3 Å². The number of ether oxygens (including phenoxy) is 4. The van der Waals surface area contributed by atoms with Crippen molar-refractivity contribution in [3.63, 3.8) is 0 Å². The van der Waals surface area contributed by atoms with Crippen LogP contribution in [0.25, 0.3) is 0 Å². The lowest BCUT2D eigenvalue weighted by Crippen LogP contribution is -2.42. The third kappa shape index (κ3) is 5.94. The topological polar surface area (TPSA) is 74.3 Å². The van der Waals surface area contributed by atoms with E-state index in [0.717, 1.165) is 24.0 Å². The molecule has 7 heteroatoms. The van der Waals surface area contributed by atoms with Crippen LogP contribution in [0.1, 0.15) is 72.5 Å². The summed E-state index contributed by atoms with van der Waals surface area (Å²) in [6.07, 6.45) is 8.64. The van der Waals surface area contributed by atoms with Gasteiger partial charge < -0.3 is 23.8 Å². The average Bonchev–Trinajstić information content (AvgIpc) is 2.94. The van der Waals surface area contributed by atoms with E-state index in [9.17, 15) is 9.59 Å². The number of hydrogen-bond acceptors (Lipinski definition) is 6. The molecule has 1 fully saturated rings. The molecule has 0 radical (unpaired) electrons. The molecule has 0 unspecified atom stereocenters. The Kier molecular flexibility index (Phi) is 8.73. The largest absolute Gasteiger partial charge is 0.493 e. The highest BCUT2D eigenvalue weighted by molar-refractivity contribution is 5.89. The van der Waals surface area contributed by atoms with Gasteiger partial charge in [0.2, 0.25) is 5.91 Å². The zero-order chi connectivity index (χ0) is 25.5. The second-order valence-electron chi connectivity index (χ2n) is 9.63. The summed E-state index contributed by atoms with van der Waals surface area (Å²) in [5.41, 5.74) is 2.62. The zero-order valence-electron chi connectivity index (χ0n) is 21.6. The number of carbonyl (C=O) groups excluding carboxylic acids is 2. The van der Waals surface area contributed by atoms with Gasteiger partial charge in [0.05, 0.1) is 32.9 Å². The van der Waals surface area contributed by atoms with E-state index in [2.05, 4.69) is 0 Å². The maximum Gasteiger partial charge on any atom is 0.337 e. The molecule has 2 aromatic carbocycles. The number of hydrogen-bond donors (Lipinski definition) is 0. The van der Waals surface area contributed by atoms with Crippen LogP contribution in [0.4, 0.5) is 0 Å². The van der Waals surface area contributed by atoms with E-state index in [4.69, 9.17) is 18.9 Å². The maximum atomic E-state index is 13.5. The molecule has 0 N–H and O–H groups in total. The molecule has 1 heterocycles. The molecule has 2 aliphatic rings. The molecule has 194 valence electrons. The Labute approximate surface area is 213 Å². The molecule has 2 aromatic rings. The van der Waals surface area contributed by atoms with Crippen LogP contribution in [0.3, 0.4) is 0 Å². The number of benzene rings is 2. The average molecular weight is 496 g/mol. The molecule has 0 bridgehead atoms. The fourth-order valence-corrected chi connectivity index (χ4v) is 5.43. The number of carbonyl (C=O) groups is 2. The molecule has 0 spiro atoms. The third-order valence-corrected chi connectivity index (χ3v) is 7.50. The van der Waals surface area contributed by atoms with Crippen molar-refractivity contribution in [3.8, 4) is 17.2 Å². The first kappa shape index (κ1) is 25.9. The minimum atomic E-state index is -0.390. The molecule has 7 nitrogen and oxygen atoms in total. The van der Waals surface area contributed by atoms with E-state index in [1.165, 1.54) is 39.2 Å². The Bertz CT molecular complexity index is 1040. The standard InChI is InChI=1S/C29H37NO6/c1-33-26-17-22-15-16-30(28(31)14-9-20-7-5-4-6-8-20)25(24(22)18-27(26)34-2)19-36-23-12-10-21(11-13-23)29(32)35-3/h10-13,17-18,20,25H,4-9,14-16,19H2,1-3H3/t25-/m0/s1. The van der Waals surface area contributed by atoms with Gasteiger partial charge in [0.15, 0.2) is 11.5 Å². The van der Waals surface area contributed by atoms with E-state index in [-0.39, 0.29) is 11.9 Å². The molecule has 1 amide bonds. The van der Waals surface area contributed by atoms with E-state index in [1.54, 1.807) is 38.5 Å². The number of nitrogens with zero attached hydrogens (tertiary/aromatic N) is 1. The van der Waals surface area contributed by atoms with Gasteiger partial charge in [-0.15, -0.1) is 0 Å². The van der Waals surface area contributed by atoms with Gasteiger partial charge >= 0.3 is 5.97 Å². The third-order valence-electron chi connectivity index (χ3n) is 7.50. The van der Waals surface area contributed by atoms with Crippen LogP contribution in [0.2, 0.25) is 0 Å². The summed E-state index contributed by atoms with van der Waals surface area (Å²) in [5.74, 6) is 2.40. The second kappa shape index (κ2) is 12.2. The molecule has 4 rings (SSSR count). The number of rotatable bonds is 9. The molecule has 1 atom stereocenters. The fourth-order valence-electron chi connectivity index (χ4n) is 5.43. The van der Waals surface area contributed by atoms with Crippen molar-refractivity contribution in [2.45, 2.75) is 57.4 Å². The van der Waals surface area contributed by atoms with Gasteiger partial charge in [-0.05, 0) is 66.3 Å². The summed E-state index contributed by atoms with van der Waals surface area (Å²) >= 11 is 0. The van der Waals surface area contributed by atoms with E-state index >= 15 is 0 Å². The summed E-state index contributed by atoms with van der Waals surface area (Å²) in [5, 5.41) is 0. The van der Waals surface area contributed by atoms with E-state index in [0.29, 0.717) is 48.3 Å². The summed E-state index contributed by atoms with van der Waals surface area (Å²) in [7, 11) is 4.61. The van der Waals surface area contributed by atoms with E-state index < -0.39 is 5.97 Å². The summed E-state index contributed by atoms with van der Waals surface area (Å²) in [6.45, 7) is 0.941. The van der Waals surface area contributed by atoms with Crippen LogP contribution in [0.15, 0.2) is 36.4 Å². The highest BCUT2D eigenvalue weighted by Crippen LogP contribution is 2.39. The van der Waals surface area contributed by atoms with Crippen molar-refractivity contribution in [1.29, 1.82) is 0 Å². The molecular weight excluding hydrogens is 458 g/mol. The number of fused-ring (bicyclic) bond motifs is 1. The Hall–Kier alpha value is -3.22. The monoisotopic (exact) mass is 495 g/mol. The van der Waals surface area contributed by atoms with Gasteiger partial charge in [0, 0.05) is 13.0 Å². The predicted molar refractivity (Wildman–Crippen MR) is 137 cm³/mol. The smallest absolute Gasteiger partial charge is 0.337 e. The fraction of sp³-hybridized carbons (Fsp3) is 0.517.